The highest BCUT2D eigenvalue weighted by atomic mass is 79.9. The normalized spacial score (nSPS) is 10.5. The van der Waals surface area contributed by atoms with Crippen molar-refractivity contribution < 1.29 is 14.6 Å². The molecule has 0 amide bonds. The first kappa shape index (κ1) is 10.0. The predicted octanol–water partition coefficient (Wildman–Crippen LogP) is 2.64. The number of carboxylic acid groups (broad SMARTS) is 1. The van der Waals surface area contributed by atoms with Crippen molar-refractivity contribution in [3.63, 3.8) is 0 Å². The quantitative estimate of drug-likeness (QED) is 0.881. The molecule has 1 aromatic carbocycles. The molecule has 78 valence electrons. The minimum Gasteiger partial charge on any atom is -0.495 e. The number of aromatic carboxylic acids is 1. The molecule has 0 aliphatic rings. The number of aromatic nitrogens is 1. The summed E-state index contributed by atoms with van der Waals surface area (Å²) < 4.78 is 5.91. The van der Waals surface area contributed by atoms with Crippen LogP contribution in [-0.4, -0.2) is 23.2 Å². The van der Waals surface area contributed by atoms with E-state index in [0.29, 0.717) is 5.75 Å². The molecule has 0 spiro atoms. The van der Waals surface area contributed by atoms with Gasteiger partial charge in [0.05, 0.1) is 11.6 Å². The van der Waals surface area contributed by atoms with Crippen LogP contribution in [0.5, 0.6) is 5.75 Å². The van der Waals surface area contributed by atoms with E-state index in [4.69, 9.17) is 9.84 Å². The van der Waals surface area contributed by atoms with Crippen molar-refractivity contribution in [3.05, 3.63) is 28.4 Å². The van der Waals surface area contributed by atoms with Crippen LogP contribution in [0.4, 0.5) is 0 Å². The van der Waals surface area contributed by atoms with E-state index in [-0.39, 0.29) is 5.69 Å². The smallest absolute Gasteiger partial charge is 0.352 e. The summed E-state index contributed by atoms with van der Waals surface area (Å²) in [5.41, 5.74) is 0.914. The number of H-pyrrole nitrogens is 1. The van der Waals surface area contributed by atoms with Crippen LogP contribution >= 0.6 is 15.9 Å². The van der Waals surface area contributed by atoms with Crippen LogP contribution in [0.3, 0.4) is 0 Å². The SMILES string of the molecule is COc1cc2[nH]c(C(=O)O)cc2cc1Br. The Labute approximate surface area is 94.0 Å². The van der Waals surface area contributed by atoms with Gasteiger partial charge in [0.1, 0.15) is 11.4 Å². The van der Waals surface area contributed by atoms with Gasteiger partial charge in [0.25, 0.3) is 0 Å². The summed E-state index contributed by atoms with van der Waals surface area (Å²) in [5, 5.41) is 9.64. The number of carboxylic acids is 1. The maximum atomic E-state index is 10.7. The number of methoxy groups -OCH3 is 1. The standard InChI is InChI=1S/C10H8BrNO3/c1-15-9-4-7-5(2-6(9)11)3-8(12-7)10(13)14/h2-4,12H,1H3,(H,13,14). The van der Waals surface area contributed by atoms with E-state index in [9.17, 15) is 4.79 Å². The molecule has 1 aromatic heterocycles. The van der Waals surface area contributed by atoms with E-state index >= 15 is 0 Å². The van der Waals surface area contributed by atoms with Crippen molar-refractivity contribution in [2.75, 3.05) is 7.11 Å². The molecule has 0 fully saturated rings. The fraction of sp³-hybridized carbons (Fsp3) is 0.100. The molecule has 0 atom stereocenters. The topological polar surface area (TPSA) is 62.3 Å². The molecule has 2 aromatic rings. The van der Waals surface area contributed by atoms with Crippen molar-refractivity contribution in [3.8, 4) is 5.75 Å². The number of hydrogen-bond acceptors (Lipinski definition) is 2. The predicted molar refractivity (Wildman–Crippen MR) is 59.5 cm³/mol. The first-order chi connectivity index (χ1) is 7.11. The van der Waals surface area contributed by atoms with Gasteiger partial charge in [-0.1, -0.05) is 0 Å². The molecule has 5 heteroatoms. The third-order valence-corrected chi connectivity index (χ3v) is 2.74. The van der Waals surface area contributed by atoms with Crippen LogP contribution in [-0.2, 0) is 0 Å². The Morgan fingerprint density at radius 2 is 2.20 bits per heavy atom. The lowest BCUT2D eigenvalue weighted by Crippen LogP contribution is -1.94. The molecule has 0 unspecified atom stereocenters. The van der Waals surface area contributed by atoms with Gasteiger partial charge in [0.15, 0.2) is 0 Å². The summed E-state index contributed by atoms with van der Waals surface area (Å²) in [6.45, 7) is 0. The Morgan fingerprint density at radius 3 is 2.80 bits per heavy atom. The van der Waals surface area contributed by atoms with Gasteiger partial charge in [-0.2, -0.15) is 0 Å². The third kappa shape index (κ3) is 1.70. The molecule has 0 aliphatic carbocycles. The Kier molecular flexibility index (Phi) is 2.40. The highest BCUT2D eigenvalue weighted by Crippen LogP contribution is 2.30. The average Bonchev–Trinajstić information content (AvgIpc) is 2.59. The molecule has 0 saturated carbocycles. The molecule has 4 nitrogen and oxygen atoms in total. The van der Waals surface area contributed by atoms with E-state index in [1.54, 1.807) is 19.2 Å². The maximum Gasteiger partial charge on any atom is 0.352 e. The summed E-state index contributed by atoms with van der Waals surface area (Å²) in [6, 6.07) is 5.16. The third-order valence-electron chi connectivity index (χ3n) is 2.12. The zero-order valence-corrected chi connectivity index (χ0v) is 9.46. The fourth-order valence-corrected chi connectivity index (χ4v) is 1.93. The van der Waals surface area contributed by atoms with Crippen molar-refractivity contribution in [1.82, 2.24) is 4.98 Å². The molecule has 2 N–H and O–H groups in total. The van der Waals surface area contributed by atoms with Crippen LogP contribution < -0.4 is 4.74 Å². The molecule has 0 bridgehead atoms. The van der Waals surface area contributed by atoms with Crippen LogP contribution in [0, 0.1) is 0 Å². The van der Waals surface area contributed by atoms with Crippen LogP contribution in [0.15, 0.2) is 22.7 Å². The van der Waals surface area contributed by atoms with Gasteiger partial charge in [0.2, 0.25) is 0 Å². The lowest BCUT2D eigenvalue weighted by atomic mass is 10.2. The highest BCUT2D eigenvalue weighted by molar-refractivity contribution is 9.10. The monoisotopic (exact) mass is 269 g/mol. The highest BCUT2D eigenvalue weighted by Gasteiger charge is 2.09. The molecule has 1 heterocycles. The minimum atomic E-state index is -0.971. The minimum absolute atomic E-state index is 0.171. The van der Waals surface area contributed by atoms with Gasteiger partial charge in [-0.3, -0.25) is 0 Å². The fourth-order valence-electron chi connectivity index (χ4n) is 1.40. The zero-order chi connectivity index (χ0) is 11.0. The summed E-state index contributed by atoms with van der Waals surface area (Å²) >= 11 is 3.34. The van der Waals surface area contributed by atoms with Crippen LogP contribution in [0.2, 0.25) is 0 Å². The summed E-state index contributed by atoms with van der Waals surface area (Å²) in [4.78, 5) is 13.5. The van der Waals surface area contributed by atoms with Gasteiger partial charge in [-0.25, -0.2) is 4.79 Å². The molecule has 0 saturated heterocycles. The van der Waals surface area contributed by atoms with Gasteiger partial charge in [-0.15, -0.1) is 0 Å². The number of aromatic amines is 1. The molecule has 0 aliphatic heterocycles. The molecular formula is C10H8BrNO3. The summed E-state index contributed by atoms with van der Waals surface area (Å²) in [7, 11) is 1.56. The molecule has 2 rings (SSSR count). The Bertz CT molecular complexity index is 533. The lowest BCUT2D eigenvalue weighted by Gasteiger charge is -2.02. The van der Waals surface area contributed by atoms with E-state index < -0.39 is 5.97 Å². The van der Waals surface area contributed by atoms with E-state index in [1.807, 2.05) is 6.07 Å². The summed E-state index contributed by atoms with van der Waals surface area (Å²) in [5.74, 6) is -0.303. The Hall–Kier alpha value is -1.49. The van der Waals surface area contributed by atoms with E-state index in [1.165, 1.54) is 0 Å². The van der Waals surface area contributed by atoms with Crippen LogP contribution in [0.25, 0.3) is 10.9 Å². The van der Waals surface area contributed by atoms with Gasteiger partial charge < -0.3 is 14.8 Å². The Balaban J connectivity index is 2.66. The molecular weight excluding hydrogens is 262 g/mol. The van der Waals surface area contributed by atoms with Crippen molar-refractivity contribution in [2.24, 2.45) is 0 Å². The van der Waals surface area contributed by atoms with Crippen molar-refractivity contribution in [2.45, 2.75) is 0 Å². The molecule has 0 radical (unpaired) electrons. The number of rotatable bonds is 2. The van der Waals surface area contributed by atoms with Gasteiger partial charge in [0, 0.05) is 17.0 Å². The second kappa shape index (κ2) is 3.58. The number of nitrogens with one attached hydrogen (secondary N) is 1. The Morgan fingerprint density at radius 1 is 1.47 bits per heavy atom. The zero-order valence-electron chi connectivity index (χ0n) is 7.87. The number of benzene rings is 1. The first-order valence-electron chi connectivity index (χ1n) is 4.21. The number of hydrogen-bond donors (Lipinski definition) is 2. The van der Waals surface area contributed by atoms with Crippen molar-refractivity contribution >= 4 is 32.8 Å². The number of halogens is 1. The first-order valence-corrected chi connectivity index (χ1v) is 5.00. The number of fused-ring (bicyclic) bond motifs is 1. The van der Waals surface area contributed by atoms with Crippen molar-refractivity contribution in [1.29, 1.82) is 0 Å². The van der Waals surface area contributed by atoms with Gasteiger partial charge in [-0.05, 0) is 28.1 Å². The van der Waals surface area contributed by atoms with Crippen LogP contribution in [0.1, 0.15) is 10.5 Å². The lowest BCUT2D eigenvalue weighted by molar-refractivity contribution is 0.0691. The number of ether oxygens (including phenoxy) is 1. The maximum absolute atomic E-state index is 10.7. The van der Waals surface area contributed by atoms with E-state index in [2.05, 4.69) is 20.9 Å². The van der Waals surface area contributed by atoms with E-state index in [0.717, 1.165) is 15.4 Å². The second-order valence-electron chi connectivity index (χ2n) is 3.06. The average molecular weight is 270 g/mol. The summed E-state index contributed by atoms with van der Waals surface area (Å²) in [6.07, 6.45) is 0. The number of carbonyl (C=O) groups is 1. The molecule has 15 heavy (non-hydrogen) atoms. The largest absolute Gasteiger partial charge is 0.495 e. The van der Waals surface area contributed by atoms with Gasteiger partial charge >= 0.3 is 5.97 Å². The second-order valence-corrected chi connectivity index (χ2v) is 3.92.